The SMILES string of the molecule is CCCCn1ccc(-c2ccc3c(ccn3[C@H]3CC[C@H](O)CC3)c2)c(Cl)c1=O. The Labute approximate surface area is 170 Å². The van der Waals surface area contributed by atoms with E-state index in [9.17, 15) is 9.90 Å². The van der Waals surface area contributed by atoms with Crippen LogP contribution in [0.15, 0.2) is 47.5 Å². The Kier molecular flexibility index (Phi) is 5.61. The van der Waals surface area contributed by atoms with Crippen molar-refractivity contribution in [3.8, 4) is 11.1 Å². The van der Waals surface area contributed by atoms with E-state index >= 15 is 0 Å². The molecule has 5 heteroatoms. The van der Waals surface area contributed by atoms with Crippen LogP contribution < -0.4 is 5.56 Å². The first-order chi connectivity index (χ1) is 13.6. The van der Waals surface area contributed by atoms with Gasteiger partial charge in [-0.1, -0.05) is 31.0 Å². The van der Waals surface area contributed by atoms with E-state index < -0.39 is 0 Å². The van der Waals surface area contributed by atoms with Gasteiger partial charge in [-0.2, -0.15) is 0 Å². The standard InChI is InChI=1S/C23H27ClN2O2/c1-2-3-12-25-13-11-20(22(24)23(25)28)16-4-9-21-17(15-16)10-14-26(21)18-5-7-19(27)8-6-18/h4,9-11,13-15,18-19,27H,2-3,5-8,12H2,1H3/t18-,19-. The number of unbranched alkanes of at least 4 members (excludes halogenated alkanes) is 1. The van der Waals surface area contributed by atoms with Crippen molar-refractivity contribution >= 4 is 22.5 Å². The highest BCUT2D eigenvalue weighted by Gasteiger charge is 2.21. The smallest absolute Gasteiger partial charge is 0.269 e. The maximum absolute atomic E-state index is 12.6. The van der Waals surface area contributed by atoms with Gasteiger partial charge in [0.1, 0.15) is 5.02 Å². The maximum Gasteiger partial charge on any atom is 0.269 e. The quantitative estimate of drug-likeness (QED) is 0.625. The minimum absolute atomic E-state index is 0.119. The number of halogens is 1. The molecule has 1 saturated carbocycles. The minimum Gasteiger partial charge on any atom is -0.393 e. The summed E-state index contributed by atoms with van der Waals surface area (Å²) in [6.07, 6.45) is 9.60. The molecule has 0 atom stereocenters. The molecule has 148 valence electrons. The largest absolute Gasteiger partial charge is 0.393 e. The van der Waals surface area contributed by atoms with Crippen molar-refractivity contribution in [3.05, 3.63) is 58.1 Å². The van der Waals surface area contributed by atoms with Gasteiger partial charge in [-0.05, 0) is 61.9 Å². The van der Waals surface area contributed by atoms with Gasteiger partial charge in [0.2, 0.25) is 0 Å². The van der Waals surface area contributed by atoms with Crippen LogP contribution in [0, 0.1) is 0 Å². The van der Waals surface area contributed by atoms with Crippen LogP contribution in [0.3, 0.4) is 0 Å². The molecule has 0 unspecified atom stereocenters. The van der Waals surface area contributed by atoms with Crippen LogP contribution in [0.25, 0.3) is 22.0 Å². The average Bonchev–Trinajstić information content (AvgIpc) is 3.13. The number of aliphatic hydroxyl groups is 1. The molecule has 1 fully saturated rings. The fraction of sp³-hybridized carbons (Fsp3) is 0.435. The van der Waals surface area contributed by atoms with Gasteiger partial charge in [-0.15, -0.1) is 0 Å². The molecule has 4 nitrogen and oxygen atoms in total. The predicted molar refractivity (Wildman–Crippen MR) is 115 cm³/mol. The van der Waals surface area contributed by atoms with Crippen LogP contribution in [0.4, 0.5) is 0 Å². The van der Waals surface area contributed by atoms with Gasteiger partial charge < -0.3 is 14.2 Å². The molecule has 1 aliphatic rings. The van der Waals surface area contributed by atoms with Gasteiger partial charge in [0.15, 0.2) is 0 Å². The number of nitrogens with zero attached hydrogens (tertiary/aromatic N) is 2. The van der Waals surface area contributed by atoms with Gasteiger partial charge in [-0.3, -0.25) is 4.79 Å². The summed E-state index contributed by atoms with van der Waals surface area (Å²) in [5.74, 6) is 0. The number of benzene rings is 1. The second-order valence-electron chi connectivity index (χ2n) is 7.85. The maximum atomic E-state index is 12.6. The summed E-state index contributed by atoms with van der Waals surface area (Å²) in [4.78, 5) is 12.6. The van der Waals surface area contributed by atoms with Crippen LogP contribution >= 0.6 is 11.6 Å². The summed E-state index contributed by atoms with van der Waals surface area (Å²) in [6, 6.07) is 10.8. The third-order valence-corrected chi connectivity index (χ3v) is 6.32. The first-order valence-electron chi connectivity index (χ1n) is 10.3. The number of hydrogen-bond acceptors (Lipinski definition) is 2. The van der Waals surface area contributed by atoms with Gasteiger partial charge in [0, 0.05) is 41.4 Å². The van der Waals surface area contributed by atoms with Crippen molar-refractivity contribution in [1.82, 2.24) is 9.13 Å². The molecule has 1 aliphatic carbocycles. The number of rotatable bonds is 5. The fourth-order valence-electron chi connectivity index (χ4n) is 4.26. The molecule has 0 saturated heterocycles. The van der Waals surface area contributed by atoms with Gasteiger partial charge in [-0.25, -0.2) is 0 Å². The number of hydrogen-bond donors (Lipinski definition) is 1. The van der Waals surface area contributed by atoms with E-state index in [1.54, 1.807) is 4.57 Å². The highest BCUT2D eigenvalue weighted by Crippen LogP contribution is 2.34. The molecule has 2 heterocycles. The van der Waals surface area contributed by atoms with Gasteiger partial charge in [0.05, 0.1) is 6.10 Å². The molecule has 0 radical (unpaired) electrons. The molecule has 4 rings (SSSR count). The summed E-state index contributed by atoms with van der Waals surface area (Å²) >= 11 is 6.44. The molecular weight excluding hydrogens is 372 g/mol. The summed E-state index contributed by atoms with van der Waals surface area (Å²) in [5, 5.41) is 11.2. The van der Waals surface area contributed by atoms with E-state index in [-0.39, 0.29) is 11.7 Å². The fourth-order valence-corrected chi connectivity index (χ4v) is 4.54. The lowest BCUT2D eigenvalue weighted by Gasteiger charge is -2.27. The van der Waals surface area contributed by atoms with Gasteiger partial charge >= 0.3 is 0 Å². The Morgan fingerprint density at radius 1 is 1.11 bits per heavy atom. The Morgan fingerprint density at radius 2 is 1.89 bits per heavy atom. The molecule has 0 bridgehead atoms. The second kappa shape index (κ2) is 8.14. The van der Waals surface area contributed by atoms with E-state index in [1.165, 1.54) is 5.52 Å². The zero-order valence-corrected chi connectivity index (χ0v) is 17.0. The van der Waals surface area contributed by atoms with E-state index in [1.807, 2.05) is 18.3 Å². The first-order valence-corrected chi connectivity index (χ1v) is 10.6. The summed E-state index contributed by atoms with van der Waals surface area (Å²) in [5.41, 5.74) is 2.83. The lowest BCUT2D eigenvalue weighted by Crippen LogP contribution is -2.20. The topological polar surface area (TPSA) is 47.2 Å². The summed E-state index contributed by atoms with van der Waals surface area (Å²) in [6.45, 7) is 2.81. The summed E-state index contributed by atoms with van der Waals surface area (Å²) < 4.78 is 4.02. The highest BCUT2D eigenvalue weighted by molar-refractivity contribution is 6.33. The normalized spacial score (nSPS) is 20.0. The number of aryl methyl sites for hydroxylation is 1. The molecule has 0 amide bonds. The lowest BCUT2D eigenvalue weighted by atomic mass is 9.93. The van der Waals surface area contributed by atoms with Crippen molar-refractivity contribution < 1.29 is 5.11 Å². The third kappa shape index (κ3) is 3.63. The van der Waals surface area contributed by atoms with Crippen LogP contribution in [0.5, 0.6) is 0 Å². The predicted octanol–water partition coefficient (Wildman–Crippen LogP) is 5.40. The molecule has 1 N–H and O–H groups in total. The zero-order valence-electron chi connectivity index (χ0n) is 16.3. The van der Waals surface area contributed by atoms with Crippen LogP contribution in [0.1, 0.15) is 51.5 Å². The lowest BCUT2D eigenvalue weighted by molar-refractivity contribution is 0.111. The molecule has 2 aromatic heterocycles. The Balaban J connectivity index is 1.66. The van der Waals surface area contributed by atoms with Crippen molar-refractivity contribution in [2.24, 2.45) is 0 Å². The molecule has 3 aromatic rings. The van der Waals surface area contributed by atoms with Gasteiger partial charge in [0.25, 0.3) is 5.56 Å². The van der Waals surface area contributed by atoms with E-state index in [0.717, 1.165) is 55.0 Å². The number of aliphatic hydroxyl groups excluding tert-OH is 1. The number of pyridine rings is 1. The summed E-state index contributed by atoms with van der Waals surface area (Å²) in [7, 11) is 0. The monoisotopic (exact) mass is 398 g/mol. The van der Waals surface area contributed by atoms with Crippen LogP contribution in [-0.2, 0) is 6.54 Å². The Hall–Kier alpha value is -2.04. The van der Waals surface area contributed by atoms with Crippen LogP contribution in [0.2, 0.25) is 5.02 Å². The second-order valence-corrected chi connectivity index (χ2v) is 8.23. The van der Waals surface area contributed by atoms with Crippen molar-refractivity contribution in [2.75, 3.05) is 0 Å². The first kappa shape index (κ1) is 19.3. The Morgan fingerprint density at radius 3 is 2.64 bits per heavy atom. The minimum atomic E-state index is -0.147. The molecule has 0 spiro atoms. The van der Waals surface area contributed by atoms with E-state index in [0.29, 0.717) is 17.6 Å². The molecular formula is C23H27ClN2O2. The molecule has 1 aromatic carbocycles. The van der Waals surface area contributed by atoms with Crippen molar-refractivity contribution in [1.29, 1.82) is 0 Å². The Bertz CT molecular complexity index is 1030. The van der Waals surface area contributed by atoms with E-state index in [4.69, 9.17) is 11.6 Å². The number of fused-ring (bicyclic) bond motifs is 1. The zero-order chi connectivity index (χ0) is 19.7. The molecule has 28 heavy (non-hydrogen) atoms. The van der Waals surface area contributed by atoms with E-state index in [2.05, 4.69) is 35.9 Å². The third-order valence-electron chi connectivity index (χ3n) is 5.95. The van der Waals surface area contributed by atoms with Crippen molar-refractivity contribution in [3.63, 3.8) is 0 Å². The highest BCUT2D eigenvalue weighted by atomic mass is 35.5. The molecule has 0 aliphatic heterocycles. The average molecular weight is 399 g/mol. The van der Waals surface area contributed by atoms with Crippen LogP contribution in [-0.4, -0.2) is 20.3 Å². The van der Waals surface area contributed by atoms with Crippen molar-refractivity contribution in [2.45, 2.75) is 64.1 Å². The number of aromatic nitrogens is 2.